The van der Waals surface area contributed by atoms with Gasteiger partial charge in [0.05, 0.1) is 8.07 Å². The molecule has 0 fully saturated rings. The van der Waals surface area contributed by atoms with Crippen molar-refractivity contribution in [3.05, 3.63) is 40.3 Å². The van der Waals surface area contributed by atoms with Crippen LogP contribution >= 0.6 is 0 Å². The van der Waals surface area contributed by atoms with E-state index in [1.807, 2.05) is 6.92 Å². The molecule has 1 aliphatic carbocycles. The summed E-state index contributed by atoms with van der Waals surface area (Å²) in [5, 5.41) is 0.868. The summed E-state index contributed by atoms with van der Waals surface area (Å²) in [6.07, 6.45) is 0. The fourth-order valence-corrected chi connectivity index (χ4v) is 4.49. The van der Waals surface area contributed by atoms with Crippen molar-refractivity contribution in [3.63, 3.8) is 0 Å². The Hall–Kier alpha value is -1.22. The second-order valence-electron chi connectivity index (χ2n) is 5.24. The third-order valence-electron chi connectivity index (χ3n) is 2.99. The predicted molar refractivity (Wildman–Crippen MR) is 66.7 cm³/mol. The largest absolute Gasteiger partial charge is 0.289 e. The molecule has 0 aliphatic heterocycles. The zero-order valence-electron chi connectivity index (χ0n) is 10.0. The van der Waals surface area contributed by atoms with Crippen LogP contribution in [0.2, 0.25) is 19.6 Å². The molecule has 16 heavy (non-hydrogen) atoms. The van der Waals surface area contributed by atoms with E-state index in [1.165, 1.54) is 6.07 Å². The van der Waals surface area contributed by atoms with E-state index in [2.05, 4.69) is 19.6 Å². The van der Waals surface area contributed by atoms with Crippen LogP contribution in [-0.2, 0) is 0 Å². The topological polar surface area (TPSA) is 17.1 Å². The van der Waals surface area contributed by atoms with E-state index in [0.717, 1.165) is 10.8 Å². The number of benzene rings is 1. The number of carbonyl (C=O) groups is 1. The lowest BCUT2D eigenvalue weighted by Crippen LogP contribution is -2.28. The van der Waals surface area contributed by atoms with Gasteiger partial charge in [-0.15, -0.1) is 0 Å². The normalized spacial score (nSPS) is 15.7. The maximum Gasteiger partial charge on any atom is 0.186 e. The number of halogens is 1. The van der Waals surface area contributed by atoms with Gasteiger partial charge in [-0.05, 0) is 23.8 Å². The van der Waals surface area contributed by atoms with Gasteiger partial charge in [0.2, 0.25) is 0 Å². The Morgan fingerprint density at radius 3 is 2.31 bits per heavy atom. The first-order valence-electron chi connectivity index (χ1n) is 5.39. The zero-order valence-corrected chi connectivity index (χ0v) is 11.0. The van der Waals surface area contributed by atoms with Crippen molar-refractivity contribution in [2.24, 2.45) is 0 Å². The smallest absolute Gasteiger partial charge is 0.186 e. The molecule has 0 saturated carbocycles. The number of fused-ring (bicyclic) bond motifs is 1. The predicted octanol–water partition coefficient (Wildman–Crippen LogP) is 3.67. The van der Waals surface area contributed by atoms with Gasteiger partial charge in [-0.1, -0.05) is 31.8 Å². The van der Waals surface area contributed by atoms with Crippen LogP contribution in [-0.4, -0.2) is 13.9 Å². The van der Waals surface area contributed by atoms with E-state index < -0.39 is 8.07 Å². The van der Waals surface area contributed by atoms with Crippen molar-refractivity contribution < 1.29 is 9.18 Å². The number of hydrogen-bond donors (Lipinski definition) is 0. The van der Waals surface area contributed by atoms with Crippen LogP contribution in [0.3, 0.4) is 0 Å². The molecule has 0 aromatic heterocycles. The van der Waals surface area contributed by atoms with E-state index in [9.17, 15) is 9.18 Å². The molecule has 0 spiro atoms. The van der Waals surface area contributed by atoms with Gasteiger partial charge < -0.3 is 0 Å². The molecule has 0 radical (unpaired) electrons. The Morgan fingerprint density at radius 2 is 1.81 bits per heavy atom. The van der Waals surface area contributed by atoms with Gasteiger partial charge in [0.25, 0.3) is 0 Å². The number of ketones is 1. The second kappa shape index (κ2) is 3.38. The molecule has 1 aliphatic rings. The fraction of sp³-hybridized carbons (Fsp3) is 0.308. The molecule has 0 unspecified atom stereocenters. The minimum Gasteiger partial charge on any atom is -0.289 e. The van der Waals surface area contributed by atoms with Crippen LogP contribution in [0, 0.1) is 5.82 Å². The Kier molecular flexibility index (Phi) is 2.38. The highest BCUT2D eigenvalue weighted by molar-refractivity contribution is 6.89. The maximum absolute atomic E-state index is 13.7. The Morgan fingerprint density at radius 1 is 1.19 bits per heavy atom. The molecule has 0 heterocycles. The quantitative estimate of drug-likeness (QED) is 0.678. The van der Waals surface area contributed by atoms with Crippen molar-refractivity contribution in [1.29, 1.82) is 0 Å². The highest BCUT2D eigenvalue weighted by Crippen LogP contribution is 2.38. The monoisotopic (exact) mass is 234 g/mol. The van der Waals surface area contributed by atoms with Crippen molar-refractivity contribution in [2.75, 3.05) is 0 Å². The third-order valence-corrected chi connectivity index (χ3v) is 5.09. The van der Waals surface area contributed by atoms with E-state index >= 15 is 0 Å². The average Bonchev–Trinajstić information content (AvgIpc) is 2.39. The molecule has 0 bridgehead atoms. The first kappa shape index (κ1) is 11.3. The summed E-state index contributed by atoms with van der Waals surface area (Å²) in [6, 6.07) is 4.74. The van der Waals surface area contributed by atoms with E-state index in [0.29, 0.717) is 11.1 Å². The van der Waals surface area contributed by atoms with Crippen LogP contribution < -0.4 is 0 Å². The molecule has 0 amide bonds. The highest BCUT2D eigenvalue weighted by atomic mass is 28.3. The number of hydrogen-bond acceptors (Lipinski definition) is 1. The Bertz CT molecular complexity index is 509. The molecule has 1 aromatic rings. The molecule has 0 N–H and O–H groups in total. The number of rotatable bonds is 1. The number of carbonyl (C=O) groups excluding carboxylic acids is 1. The summed E-state index contributed by atoms with van der Waals surface area (Å²) in [7, 11) is -1.71. The van der Waals surface area contributed by atoms with Gasteiger partial charge in [-0.25, -0.2) is 4.39 Å². The third kappa shape index (κ3) is 1.47. The first-order valence-corrected chi connectivity index (χ1v) is 8.89. The molecule has 2 rings (SSSR count). The van der Waals surface area contributed by atoms with E-state index in [1.54, 1.807) is 12.1 Å². The molecule has 3 heteroatoms. The molecule has 84 valence electrons. The molecule has 0 atom stereocenters. The Labute approximate surface area is 96.0 Å². The summed E-state index contributed by atoms with van der Waals surface area (Å²) in [4.78, 5) is 12.2. The summed E-state index contributed by atoms with van der Waals surface area (Å²) in [5.74, 6) is -0.247. The van der Waals surface area contributed by atoms with Gasteiger partial charge in [0, 0.05) is 11.1 Å². The van der Waals surface area contributed by atoms with Crippen LogP contribution in [0.15, 0.2) is 23.4 Å². The van der Waals surface area contributed by atoms with Crippen LogP contribution in [0.4, 0.5) is 4.39 Å². The lowest BCUT2D eigenvalue weighted by Gasteiger charge is -2.17. The van der Waals surface area contributed by atoms with E-state index in [-0.39, 0.29) is 11.6 Å². The molecular weight excluding hydrogens is 219 g/mol. The summed E-state index contributed by atoms with van der Waals surface area (Å²) < 4.78 is 13.7. The van der Waals surface area contributed by atoms with Crippen LogP contribution in [0.25, 0.3) is 5.57 Å². The molecular formula is C13H15FOSi. The fourth-order valence-electron chi connectivity index (χ4n) is 2.43. The molecule has 1 aromatic carbocycles. The average molecular weight is 234 g/mol. The SMILES string of the molecule is CC1=C([Si](C)(C)C)C(=O)c2cccc(F)c21. The first-order chi connectivity index (χ1) is 7.34. The van der Waals surface area contributed by atoms with Gasteiger partial charge in [-0.2, -0.15) is 0 Å². The van der Waals surface area contributed by atoms with Crippen LogP contribution in [0.5, 0.6) is 0 Å². The van der Waals surface area contributed by atoms with Gasteiger partial charge >= 0.3 is 0 Å². The lowest BCUT2D eigenvalue weighted by atomic mass is 10.1. The van der Waals surface area contributed by atoms with Gasteiger partial charge in [0.1, 0.15) is 5.82 Å². The lowest BCUT2D eigenvalue weighted by molar-refractivity contribution is 0.104. The van der Waals surface area contributed by atoms with Crippen molar-refractivity contribution in [3.8, 4) is 0 Å². The van der Waals surface area contributed by atoms with Crippen molar-refractivity contribution in [2.45, 2.75) is 26.6 Å². The minimum atomic E-state index is -1.71. The van der Waals surface area contributed by atoms with Crippen LogP contribution in [0.1, 0.15) is 22.8 Å². The summed E-state index contributed by atoms with van der Waals surface area (Å²) in [5.41, 5.74) is 1.90. The van der Waals surface area contributed by atoms with Gasteiger partial charge in [-0.3, -0.25) is 4.79 Å². The minimum absolute atomic E-state index is 0.0335. The van der Waals surface area contributed by atoms with Crippen molar-refractivity contribution >= 4 is 19.4 Å². The summed E-state index contributed by atoms with van der Waals surface area (Å²) >= 11 is 0. The number of allylic oxidation sites excluding steroid dienone is 2. The highest BCUT2D eigenvalue weighted by Gasteiger charge is 2.36. The number of Topliss-reactive ketones (excluding diaryl/α,β-unsaturated/α-hetero) is 1. The molecule has 0 saturated heterocycles. The van der Waals surface area contributed by atoms with E-state index in [4.69, 9.17) is 0 Å². The van der Waals surface area contributed by atoms with Crippen molar-refractivity contribution in [1.82, 2.24) is 0 Å². The Balaban J connectivity index is 2.73. The standard InChI is InChI=1S/C13H15FOSi/c1-8-11-9(6-5-7-10(11)14)12(15)13(8)16(2,3)4/h5-7H,1-4H3. The summed E-state index contributed by atoms with van der Waals surface area (Å²) in [6.45, 7) is 8.22. The van der Waals surface area contributed by atoms with Gasteiger partial charge in [0.15, 0.2) is 5.78 Å². The maximum atomic E-state index is 13.7. The zero-order chi connectivity index (χ0) is 12.1. The molecule has 1 nitrogen and oxygen atoms in total. The second-order valence-corrected chi connectivity index (χ2v) is 10.2.